The van der Waals surface area contributed by atoms with Crippen molar-refractivity contribution in [3.63, 3.8) is 0 Å². The predicted molar refractivity (Wildman–Crippen MR) is 100 cm³/mol. The highest BCUT2D eigenvalue weighted by molar-refractivity contribution is 5.97. The Bertz CT molecular complexity index is 1140. The van der Waals surface area contributed by atoms with Gasteiger partial charge in [0.05, 0.1) is 18.1 Å². The zero-order valence-electron chi connectivity index (χ0n) is 15.2. The molecule has 0 amide bonds. The molecule has 4 aromatic rings. The minimum Gasteiger partial charge on any atom is -0.268 e. The highest BCUT2D eigenvalue weighted by Crippen LogP contribution is 2.41. The predicted octanol–water partition coefficient (Wildman–Crippen LogP) is 3.99. The van der Waals surface area contributed by atoms with Gasteiger partial charge in [-0.2, -0.15) is 10.2 Å². The Morgan fingerprint density at radius 2 is 2.04 bits per heavy atom. The number of hydrogen-bond acceptors (Lipinski definition) is 4. The van der Waals surface area contributed by atoms with Crippen LogP contribution in [0.2, 0.25) is 0 Å². The van der Waals surface area contributed by atoms with Crippen LogP contribution >= 0.6 is 0 Å². The third-order valence-electron chi connectivity index (χ3n) is 5.27. The summed E-state index contributed by atoms with van der Waals surface area (Å²) in [5.41, 5.74) is 5.61. The van der Waals surface area contributed by atoms with E-state index in [1.807, 2.05) is 6.07 Å². The lowest BCUT2D eigenvalue weighted by molar-refractivity contribution is 0.235. The van der Waals surface area contributed by atoms with Gasteiger partial charge in [0, 0.05) is 29.4 Å². The van der Waals surface area contributed by atoms with Gasteiger partial charge in [-0.25, -0.2) is 9.37 Å². The molecule has 136 valence electrons. The summed E-state index contributed by atoms with van der Waals surface area (Å²) in [6.45, 7) is 5.36. The van der Waals surface area contributed by atoms with Gasteiger partial charge in [0.2, 0.25) is 0 Å². The second kappa shape index (κ2) is 5.70. The van der Waals surface area contributed by atoms with E-state index in [1.54, 1.807) is 18.5 Å². The van der Waals surface area contributed by atoms with Gasteiger partial charge in [-0.3, -0.25) is 14.8 Å². The first kappa shape index (κ1) is 16.1. The second-order valence-corrected chi connectivity index (χ2v) is 7.84. The number of H-pyrrole nitrogens is 1. The number of nitrogens with zero attached hydrogens (tertiary/aromatic N) is 5. The normalized spacial score (nSPS) is 15.8. The van der Waals surface area contributed by atoms with E-state index in [0.29, 0.717) is 5.69 Å². The van der Waals surface area contributed by atoms with E-state index in [2.05, 4.69) is 38.7 Å². The highest BCUT2D eigenvalue weighted by atomic mass is 19.1. The molecule has 5 rings (SSSR count). The second-order valence-electron chi connectivity index (χ2n) is 7.84. The van der Waals surface area contributed by atoms with E-state index in [1.165, 1.54) is 18.0 Å². The van der Waals surface area contributed by atoms with E-state index in [4.69, 9.17) is 5.10 Å². The summed E-state index contributed by atoms with van der Waals surface area (Å²) in [5.74, 6) is -0.355. The van der Waals surface area contributed by atoms with Crippen LogP contribution in [0.3, 0.4) is 0 Å². The maximum absolute atomic E-state index is 13.4. The molecule has 0 fully saturated rings. The number of rotatable bonds is 2. The lowest BCUT2D eigenvalue weighted by Crippen LogP contribution is -2.27. The molecule has 7 heteroatoms. The SMILES string of the molecule is CC1(C)CCc2c(-c3ccnc4[nH]ncc34)c(-c3ccc(F)cn3)nn2C1. The van der Waals surface area contributed by atoms with Crippen LogP contribution in [0.15, 0.2) is 36.8 Å². The molecule has 4 aromatic heterocycles. The van der Waals surface area contributed by atoms with Gasteiger partial charge in [0.1, 0.15) is 11.5 Å². The molecule has 0 saturated carbocycles. The van der Waals surface area contributed by atoms with Crippen molar-refractivity contribution in [2.24, 2.45) is 5.41 Å². The number of hydrogen-bond donors (Lipinski definition) is 1. The van der Waals surface area contributed by atoms with Crippen LogP contribution in [-0.2, 0) is 13.0 Å². The lowest BCUT2D eigenvalue weighted by atomic mass is 9.83. The fourth-order valence-electron chi connectivity index (χ4n) is 3.87. The largest absolute Gasteiger partial charge is 0.268 e. The van der Waals surface area contributed by atoms with Gasteiger partial charge >= 0.3 is 0 Å². The standard InChI is InChI=1S/C20H19FN6/c1-20(2)7-5-16-17(13-6-8-22-19-14(13)10-24-25-19)18(26-27(16)11-20)15-4-3-12(21)9-23-15/h3-4,6,8-10H,5,7,11H2,1-2H3,(H,22,24,25). The van der Waals surface area contributed by atoms with Crippen molar-refractivity contribution >= 4 is 11.0 Å². The molecule has 0 saturated heterocycles. The summed E-state index contributed by atoms with van der Waals surface area (Å²) in [4.78, 5) is 8.64. The van der Waals surface area contributed by atoms with Gasteiger partial charge in [0.15, 0.2) is 5.65 Å². The number of nitrogens with one attached hydrogen (secondary N) is 1. The Kier molecular flexibility index (Phi) is 3.40. The van der Waals surface area contributed by atoms with Gasteiger partial charge in [0.25, 0.3) is 0 Å². The summed E-state index contributed by atoms with van der Waals surface area (Å²) in [5, 5.41) is 12.9. The van der Waals surface area contributed by atoms with Crippen LogP contribution in [0.25, 0.3) is 33.5 Å². The molecule has 0 bridgehead atoms. The first-order chi connectivity index (χ1) is 13.0. The molecule has 0 aliphatic carbocycles. The number of aromatic amines is 1. The van der Waals surface area contributed by atoms with Crippen LogP contribution in [0.1, 0.15) is 26.0 Å². The third-order valence-corrected chi connectivity index (χ3v) is 5.27. The van der Waals surface area contributed by atoms with Crippen LogP contribution in [0.5, 0.6) is 0 Å². The Hall–Kier alpha value is -3.09. The van der Waals surface area contributed by atoms with Crippen molar-refractivity contribution in [1.29, 1.82) is 0 Å². The molecule has 5 heterocycles. The van der Waals surface area contributed by atoms with E-state index >= 15 is 0 Å². The number of fused-ring (bicyclic) bond motifs is 2. The van der Waals surface area contributed by atoms with Crippen LogP contribution in [0, 0.1) is 11.2 Å². The van der Waals surface area contributed by atoms with E-state index in [9.17, 15) is 4.39 Å². The van der Waals surface area contributed by atoms with Crippen molar-refractivity contribution in [3.8, 4) is 22.5 Å². The molecule has 0 aromatic carbocycles. The molecule has 1 aliphatic heterocycles. The molecular formula is C20H19FN6. The van der Waals surface area contributed by atoms with E-state index in [-0.39, 0.29) is 11.2 Å². The summed E-state index contributed by atoms with van der Waals surface area (Å²) < 4.78 is 15.5. The van der Waals surface area contributed by atoms with Gasteiger partial charge < -0.3 is 0 Å². The monoisotopic (exact) mass is 362 g/mol. The first-order valence-electron chi connectivity index (χ1n) is 9.02. The van der Waals surface area contributed by atoms with Crippen molar-refractivity contribution in [3.05, 3.63) is 48.3 Å². The lowest BCUT2D eigenvalue weighted by Gasteiger charge is -2.30. The summed E-state index contributed by atoms with van der Waals surface area (Å²) in [6, 6.07) is 5.10. The topological polar surface area (TPSA) is 72.3 Å². The number of halogens is 1. The van der Waals surface area contributed by atoms with Gasteiger partial charge in [-0.15, -0.1) is 0 Å². The summed E-state index contributed by atoms with van der Waals surface area (Å²) in [7, 11) is 0. The van der Waals surface area contributed by atoms with Crippen molar-refractivity contribution in [1.82, 2.24) is 29.9 Å². The maximum atomic E-state index is 13.4. The Labute approximate surface area is 155 Å². The van der Waals surface area contributed by atoms with E-state index < -0.39 is 0 Å². The van der Waals surface area contributed by atoms with Crippen LogP contribution < -0.4 is 0 Å². The van der Waals surface area contributed by atoms with Crippen LogP contribution in [0.4, 0.5) is 4.39 Å². The summed E-state index contributed by atoms with van der Waals surface area (Å²) in [6.07, 6.45) is 6.81. The molecule has 0 spiro atoms. The van der Waals surface area contributed by atoms with Crippen molar-refractivity contribution in [2.45, 2.75) is 33.2 Å². The molecule has 1 aliphatic rings. The maximum Gasteiger partial charge on any atom is 0.155 e. The van der Waals surface area contributed by atoms with E-state index in [0.717, 1.165) is 47.2 Å². The molecule has 27 heavy (non-hydrogen) atoms. The molecule has 6 nitrogen and oxygen atoms in total. The first-order valence-corrected chi connectivity index (χ1v) is 9.02. The smallest absolute Gasteiger partial charge is 0.155 e. The Balaban J connectivity index is 1.79. The fraction of sp³-hybridized carbons (Fsp3) is 0.300. The highest BCUT2D eigenvalue weighted by Gasteiger charge is 2.31. The Morgan fingerprint density at radius 1 is 1.15 bits per heavy atom. The minimum absolute atomic E-state index is 0.187. The summed E-state index contributed by atoms with van der Waals surface area (Å²) >= 11 is 0. The zero-order chi connectivity index (χ0) is 18.6. The van der Waals surface area contributed by atoms with Crippen LogP contribution in [-0.4, -0.2) is 29.9 Å². The van der Waals surface area contributed by atoms with Crippen molar-refractivity contribution in [2.75, 3.05) is 0 Å². The average molecular weight is 362 g/mol. The third kappa shape index (κ3) is 2.61. The minimum atomic E-state index is -0.355. The number of pyridine rings is 2. The molecule has 0 atom stereocenters. The quantitative estimate of drug-likeness (QED) is 0.585. The number of aromatic nitrogens is 6. The molecule has 0 radical (unpaired) electrons. The fourth-order valence-corrected chi connectivity index (χ4v) is 3.87. The zero-order valence-corrected chi connectivity index (χ0v) is 15.2. The molecular weight excluding hydrogens is 343 g/mol. The van der Waals surface area contributed by atoms with Gasteiger partial charge in [-0.1, -0.05) is 13.8 Å². The molecule has 0 unspecified atom stereocenters. The van der Waals surface area contributed by atoms with Gasteiger partial charge in [-0.05, 0) is 42.0 Å². The van der Waals surface area contributed by atoms with Crippen molar-refractivity contribution < 1.29 is 4.39 Å². The Morgan fingerprint density at radius 3 is 2.85 bits per heavy atom. The molecule has 1 N–H and O–H groups in total. The average Bonchev–Trinajstić information content (AvgIpc) is 3.25.